The molecule has 146 valence electrons. The molecule has 1 fully saturated rings. The van der Waals surface area contributed by atoms with Crippen molar-refractivity contribution in [2.45, 2.75) is 44.9 Å². The minimum absolute atomic E-state index is 0.00555. The highest BCUT2D eigenvalue weighted by molar-refractivity contribution is 7.89. The summed E-state index contributed by atoms with van der Waals surface area (Å²) >= 11 is 0. The lowest BCUT2D eigenvalue weighted by Gasteiger charge is -2.30. The molecule has 1 atom stereocenters. The van der Waals surface area contributed by atoms with Crippen molar-refractivity contribution in [3.63, 3.8) is 0 Å². The lowest BCUT2D eigenvalue weighted by molar-refractivity contribution is -0.138. The van der Waals surface area contributed by atoms with Crippen molar-refractivity contribution < 1.29 is 27.6 Å². The van der Waals surface area contributed by atoms with Crippen molar-refractivity contribution in [2.24, 2.45) is 11.8 Å². The van der Waals surface area contributed by atoms with Gasteiger partial charge in [0, 0.05) is 32.0 Å². The maximum atomic E-state index is 12.8. The second-order valence-electron chi connectivity index (χ2n) is 6.78. The van der Waals surface area contributed by atoms with Gasteiger partial charge in [-0.15, -0.1) is 0 Å². The van der Waals surface area contributed by atoms with E-state index in [1.807, 2.05) is 0 Å². The summed E-state index contributed by atoms with van der Waals surface area (Å²) in [4.78, 5) is 23.0. The molecule has 1 aliphatic heterocycles. The van der Waals surface area contributed by atoms with E-state index in [4.69, 9.17) is 9.63 Å². The Kier molecular flexibility index (Phi) is 6.40. The number of aliphatic carboxylic acids is 1. The zero-order valence-corrected chi connectivity index (χ0v) is 16.0. The number of carbonyl (C=O) groups excluding carboxylic acids is 1. The first-order chi connectivity index (χ1) is 12.1. The molecule has 0 spiro atoms. The number of rotatable bonds is 7. The van der Waals surface area contributed by atoms with Gasteiger partial charge in [-0.3, -0.25) is 9.59 Å². The summed E-state index contributed by atoms with van der Waals surface area (Å²) < 4.78 is 31.8. The lowest BCUT2D eigenvalue weighted by Crippen LogP contribution is -2.43. The van der Waals surface area contributed by atoms with Crippen LogP contribution in [-0.2, 0) is 19.6 Å². The molecule has 2 rings (SSSR count). The second kappa shape index (κ2) is 8.17. The zero-order chi connectivity index (χ0) is 19.5. The van der Waals surface area contributed by atoms with E-state index < -0.39 is 16.0 Å². The van der Waals surface area contributed by atoms with Crippen molar-refractivity contribution in [2.75, 3.05) is 19.6 Å². The first kappa shape index (κ1) is 20.4. The van der Waals surface area contributed by atoms with E-state index in [1.165, 1.54) is 4.31 Å². The van der Waals surface area contributed by atoms with Crippen LogP contribution in [0.5, 0.6) is 0 Å². The maximum absolute atomic E-state index is 12.8. The number of aryl methyl sites for hydroxylation is 2. The van der Waals surface area contributed by atoms with E-state index in [9.17, 15) is 18.0 Å². The Bertz CT molecular complexity index is 745. The van der Waals surface area contributed by atoms with Gasteiger partial charge in [-0.25, -0.2) is 8.42 Å². The van der Waals surface area contributed by atoms with Crippen LogP contribution in [0.15, 0.2) is 9.42 Å². The molecule has 2 N–H and O–H groups in total. The molecule has 1 aromatic heterocycles. The number of amides is 1. The maximum Gasteiger partial charge on any atom is 0.303 e. The smallest absolute Gasteiger partial charge is 0.303 e. The summed E-state index contributed by atoms with van der Waals surface area (Å²) in [6, 6.07) is 0. The van der Waals surface area contributed by atoms with Crippen LogP contribution >= 0.6 is 0 Å². The van der Waals surface area contributed by atoms with Crippen molar-refractivity contribution in [3.05, 3.63) is 11.5 Å². The molecule has 0 saturated carbocycles. The minimum Gasteiger partial charge on any atom is -0.481 e. The Hall–Kier alpha value is -1.94. The van der Waals surface area contributed by atoms with Gasteiger partial charge in [0.2, 0.25) is 15.9 Å². The number of carboxylic acids is 1. The topological polar surface area (TPSA) is 130 Å². The summed E-state index contributed by atoms with van der Waals surface area (Å²) in [6.07, 6.45) is 0.831. The largest absolute Gasteiger partial charge is 0.481 e. The fourth-order valence-corrected chi connectivity index (χ4v) is 4.88. The third-order valence-electron chi connectivity index (χ3n) is 4.54. The van der Waals surface area contributed by atoms with E-state index in [0.29, 0.717) is 25.1 Å². The van der Waals surface area contributed by atoms with E-state index >= 15 is 0 Å². The van der Waals surface area contributed by atoms with Gasteiger partial charge in [0.1, 0.15) is 10.6 Å². The molecule has 1 aliphatic rings. The van der Waals surface area contributed by atoms with Gasteiger partial charge in [-0.05, 0) is 32.6 Å². The number of nitrogens with one attached hydrogen (secondary N) is 1. The summed E-state index contributed by atoms with van der Waals surface area (Å²) in [5.74, 6) is -1.23. The third kappa shape index (κ3) is 4.61. The number of aromatic nitrogens is 1. The molecule has 1 unspecified atom stereocenters. The second-order valence-corrected chi connectivity index (χ2v) is 8.65. The Morgan fingerprint density at radius 1 is 1.35 bits per heavy atom. The average molecular weight is 387 g/mol. The monoisotopic (exact) mass is 387 g/mol. The van der Waals surface area contributed by atoms with E-state index in [2.05, 4.69) is 10.5 Å². The Morgan fingerprint density at radius 3 is 2.46 bits per heavy atom. The van der Waals surface area contributed by atoms with Gasteiger partial charge >= 0.3 is 5.97 Å². The number of piperidine rings is 1. The summed E-state index contributed by atoms with van der Waals surface area (Å²) in [5, 5.41) is 15.2. The highest BCUT2D eigenvalue weighted by Gasteiger charge is 2.35. The minimum atomic E-state index is -3.69. The Balaban J connectivity index is 1.90. The molecule has 1 amide bonds. The normalized spacial score (nSPS) is 17.8. The molecule has 2 heterocycles. The highest BCUT2D eigenvalue weighted by Crippen LogP contribution is 2.27. The molecular weight excluding hydrogens is 362 g/mol. The number of sulfonamides is 1. The van der Waals surface area contributed by atoms with Crippen LogP contribution in [0.1, 0.15) is 37.6 Å². The van der Waals surface area contributed by atoms with Gasteiger partial charge in [0.05, 0.1) is 0 Å². The lowest BCUT2D eigenvalue weighted by atomic mass is 9.97. The van der Waals surface area contributed by atoms with Gasteiger partial charge < -0.3 is 14.9 Å². The van der Waals surface area contributed by atoms with Gasteiger partial charge in [-0.1, -0.05) is 12.1 Å². The molecule has 0 radical (unpaired) electrons. The van der Waals surface area contributed by atoms with Crippen LogP contribution < -0.4 is 5.32 Å². The number of hydrogen-bond donors (Lipinski definition) is 2. The standard InChI is InChI=1S/C16H25N3O6S/c1-10(8-14(20)21)9-17-16(22)13-4-6-19(7-5-13)26(23,24)15-11(2)18-25-12(15)3/h10,13H,4-9H2,1-3H3,(H,17,22)(H,20,21). The molecule has 0 aliphatic carbocycles. The number of nitrogens with zero attached hydrogens (tertiary/aromatic N) is 2. The summed E-state index contributed by atoms with van der Waals surface area (Å²) in [6.45, 7) is 5.69. The molecule has 1 saturated heterocycles. The quantitative estimate of drug-likeness (QED) is 0.711. The highest BCUT2D eigenvalue weighted by atomic mass is 32.2. The zero-order valence-electron chi connectivity index (χ0n) is 15.2. The van der Waals surface area contributed by atoms with Gasteiger partial charge in [-0.2, -0.15) is 4.31 Å². The van der Waals surface area contributed by atoms with Crippen molar-refractivity contribution in [1.29, 1.82) is 0 Å². The van der Waals surface area contributed by atoms with E-state index in [0.717, 1.165) is 0 Å². The predicted molar refractivity (Wildman–Crippen MR) is 91.9 cm³/mol. The Labute approximate surface area is 152 Å². The molecule has 0 aromatic carbocycles. The van der Waals surface area contributed by atoms with Crippen molar-refractivity contribution in [1.82, 2.24) is 14.8 Å². The van der Waals surface area contributed by atoms with E-state index in [1.54, 1.807) is 20.8 Å². The van der Waals surface area contributed by atoms with Crippen molar-refractivity contribution in [3.8, 4) is 0 Å². The molecular formula is C16H25N3O6S. The van der Waals surface area contributed by atoms with Crippen LogP contribution in [0.4, 0.5) is 0 Å². The summed E-state index contributed by atoms with van der Waals surface area (Å²) in [7, 11) is -3.69. The SMILES string of the molecule is Cc1noc(C)c1S(=O)(=O)N1CCC(C(=O)NCC(C)CC(=O)O)CC1. The third-order valence-corrected chi connectivity index (χ3v) is 6.68. The number of hydrogen-bond acceptors (Lipinski definition) is 6. The molecule has 26 heavy (non-hydrogen) atoms. The van der Waals surface area contributed by atoms with Crippen LogP contribution in [0.2, 0.25) is 0 Å². The molecule has 9 nitrogen and oxygen atoms in total. The Morgan fingerprint density at radius 2 is 1.96 bits per heavy atom. The first-order valence-electron chi connectivity index (χ1n) is 8.55. The fourth-order valence-electron chi connectivity index (χ4n) is 3.12. The molecule has 0 bridgehead atoms. The van der Waals surface area contributed by atoms with Gasteiger partial charge in [0.25, 0.3) is 0 Å². The molecule has 1 aromatic rings. The van der Waals surface area contributed by atoms with Crippen molar-refractivity contribution >= 4 is 21.9 Å². The number of carbonyl (C=O) groups is 2. The predicted octanol–water partition coefficient (Wildman–Crippen LogP) is 0.919. The van der Waals surface area contributed by atoms with Crippen LogP contribution in [-0.4, -0.2) is 54.5 Å². The van der Waals surface area contributed by atoms with Crippen LogP contribution in [0.25, 0.3) is 0 Å². The van der Waals surface area contributed by atoms with Crippen LogP contribution in [0, 0.1) is 25.7 Å². The van der Waals surface area contributed by atoms with Crippen LogP contribution in [0.3, 0.4) is 0 Å². The average Bonchev–Trinajstić information content (AvgIpc) is 2.91. The van der Waals surface area contributed by atoms with Gasteiger partial charge in [0.15, 0.2) is 5.76 Å². The number of carboxylic acid groups (broad SMARTS) is 1. The first-order valence-corrected chi connectivity index (χ1v) is 9.99. The van der Waals surface area contributed by atoms with E-state index in [-0.39, 0.29) is 47.9 Å². The molecule has 10 heteroatoms. The fraction of sp³-hybridized carbons (Fsp3) is 0.688. The summed E-state index contributed by atoms with van der Waals surface area (Å²) in [5.41, 5.74) is 0.329.